The Bertz CT molecular complexity index is 788. The third-order valence-electron chi connectivity index (χ3n) is 4.16. The van der Waals surface area contributed by atoms with Gasteiger partial charge in [-0.2, -0.15) is 0 Å². The van der Waals surface area contributed by atoms with Crippen LogP contribution in [0.15, 0.2) is 24.3 Å². The van der Waals surface area contributed by atoms with Gasteiger partial charge >= 0.3 is 0 Å². The summed E-state index contributed by atoms with van der Waals surface area (Å²) in [5.74, 6) is -0.633. The lowest BCUT2D eigenvalue weighted by molar-refractivity contribution is 0.0846. The van der Waals surface area contributed by atoms with Crippen LogP contribution in [0.5, 0.6) is 0 Å². The highest BCUT2D eigenvalue weighted by Gasteiger charge is 2.18. The molecule has 2 rings (SSSR count). The molecule has 24 heavy (non-hydrogen) atoms. The monoisotopic (exact) mass is 327 g/mol. The van der Waals surface area contributed by atoms with Gasteiger partial charge in [0.1, 0.15) is 0 Å². The Labute approximate surface area is 143 Å². The highest BCUT2D eigenvalue weighted by Crippen LogP contribution is 2.19. The SMILES string of the molecule is Cc1ccc(C(=O)NNC(=O)c2cc(C)n(C(C)C)c2C)c(C)c1. The summed E-state index contributed by atoms with van der Waals surface area (Å²) < 4.78 is 2.10. The average molecular weight is 327 g/mol. The number of carbonyl (C=O) groups excluding carboxylic acids is 2. The fraction of sp³-hybridized carbons (Fsp3) is 0.368. The molecule has 2 N–H and O–H groups in total. The van der Waals surface area contributed by atoms with E-state index in [1.807, 2.05) is 45.9 Å². The minimum atomic E-state index is -0.321. The smallest absolute Gasteiger partial charge is 0.271 e. The number of rotatable bonds is 3. The lowest BCUT2D eigenvalue weighted by atomic mass is 10.1. The molecule has 0 aliphatic carbocycles. The molecule has 2 amide bonds. The largest absolute Gasteiger partial charge is 0.346 e. The van der Waals surface area contributed by atoms with Gasteiger partial charge in [-0.25, -0.2) is 0 Å². The second-order valence-corrected chi connectivity index (χ2v) is 6.48. The first kappa shape index (κ1) is 17.8. The summed E-state index contributed by atoms with van der Waals surface area (Å²) >= 11 is 0. The first-order valence-corrected chi connectivity index (χ1v) is 8.08. The molecule has 0 radical (unpaired) electrons. The molecule has 0 aliphatic heterocycles. The first-order chi connectivity index (χ1) is 11.2. The fourth-order valence-electron chi connectivity index (χ4n) is 3.12. The molecule has 1 aromatic heterocycles. The number of amides is 2. The van der Waals surface area contributed by atoms with E-state index in [-0.39, 0.29) is 17.9 Å². The van der Waals surface area contributed by atoms with Gasteiger partial charge in [0.15, 0.2) is 0 Å². The van der Waals surface area contributed by atoms with E-state index in [0.29, 0.717) is 11.1 Å². The van der Waals surface area contributed by atoms with E-state index in [0.717, 1.165) is 22.5 Å². The molecule has 0 atom stereocenters. The minimum absolute atomic E-state index is 0.274. The van der Waals surface area contributed by atoms with Crippen LogP contribution in [0.2, 0.25) is 0 Å². The third kappa shape index (κ3) is 3.50. The van der Waals surface area contributed by atoms with Crippen molar-refractivity contribution in [3.8, 4) is 0 Å². The van der Waals surface area contributed by atoms with Crippen molar-refractivity contribution < 1.29 is 9.59 Å². The number of benzene rings is 1. The zero-order chi connectivity index (χ0) is 18.0. The Morgan fingerprint density at radius 2 is 1.50 bits per heavy atom. The van der Waals surface area contributed by atoms with Crippen LogP contribution < -0.4 is 10.9 Å². The summed E-state index contributed by atoms with van der Waals surface area (Å²) in [6, 6.07) is 7.69. The molecule has 5 heteroatoms. The van der Waals surface area contributed by atoms with Gasteiger partial charge in [-0.3, -0.25) is 20.4 Å². The van der Waals surface area contributed by atoms with Gasteiger partial charge in [-0.15, -0.1) is 0 Å². The summed E-state index contributed by atoms with van der Waals surface area (Å²) in [6.07, 6.45) is 0. The summed E-state index contributed by atoms with van der Waals surface area (Å²) in [4.78, 5) is 24.6. The van der Waals surface area contributed by atoms with Gasteiger partial charge in [0.2, 0.25) is 0 Å². The predicted molar refractivity (Wildman–Crippen MR) is 95.1 cm³/mol. The lowest BCUT2D eigenvalue weighted by Gasteiger charge is -2.14. The van der Waals surface area contributed by atoms with Crippen LogP contribution in [0.3, 0.4) is 0 Å². The average Bonchev–Trinajstić information content (AvgIpc) is 2.79. The standard InChI is InChI=1S/C19H25N3O2/c1-11(2)22-14(5)10-17(15(22)6)19(24)21-20-18(23)16-8-7-12(3)9-13(16)4/h7-11H,1-6H3,(H,20,23)(H,21,24). The van der Waals surface area contributed by atoms with Gasteiger partial charge in [0, 0.05) is 23.0 Å². The van der Waals surface area contributed by atoms with E-state index in [1.165, 1.54) is 0 Å². The molecule has 1 aromatic carbocycles. The molecule has 0 spiro atoms. The third-order valence-corrected chi connectivity index (χ3v) is 4.16. The van der Waals surface area contributed by atoms with E-state index in [4.69, 9.17) is 0 Å². The van der Waals surface area contributed by atoms with E-state index < -0.39 is 0 Å². The number of hydrogen-bond acceptors (Lipinski definition) is 2. The van der Waals surface area contributed by atoms with Crippen LogP contribution in [-0.2, 0) is 0 Å². The highest BCUT2D eigenvalue weighted by molar-refractivity contribution is 6.00. The Kier molecular flexibility index (Phi) is 5.12. The topological polar surface area (TPSA) is 63.1 Å². The summed E-state index contributed by atoms with van der Waals surface area (Å²) in [5, 5.41) is 0. The number of carbonyl (C=O) groups is 2. The zero-order valence-corrected chi connectivity index (χ0v) is 15.2. The minimum Gasteiger partial charge on any atom is -0.346 e. The van der Waals surface area contributed by atoms with Crippen LogP contribution in [0.1, 0.15) is 63.1 Å². The quantitative estimate of drug-likeness (QED) is 0.849. The molecule has 128 valence electrons. The number of hydrogen-bond donors (Lipinski definition) is 2. The van der Waals surface area contributed by atoms with Crippen molar-refractivity contribution in [3.05, 3.63) is 57.9 Å². The molecule has 0 aliphatic rings. The second-order valence-electron chi connectivity index (χ2n) is 6.48. The molecule has 0 fully saturated rings. The maximum absolute atomic E-state index is 12.4. The number of aryl methyl sites for hydroxylation is 3. The van der Waals surface area contributed by atoms with Crippen LogP contribution in [0.25, 0.3) is 0 Å². The Hall–Kier alpha value is -2.56. The van der Waals surface area contributed by atoms with Crippen LogP contribution in [0.4, 0.5) is 0 Å². The molecular weight excluding hydrogens is 302 g/mol. The van der Waals surface area contributed by atoms with Crippen molar-refractivity contribution >= 4 is 11.8 Å². The Balaban J connectivity index is 2.11. The molecular formula is C19H25N3O2. The fourth-order valence-corrected chi connectivity index (χ4v) is 3.12. The highest BCUT2D eigenvalue weighted by atomic mass is 16.2. The zero-order valence-electron chi connectivity index (χ0n) is 15.2. The van der Waals surface area contributed by atoms with E-state index >= 15 is 0 Å². The van der Waals surface area contributed by atoms with Crippen molar-refractivity contribution in [3.63, 3.8) is 0 Å². The number of nitrogens with one attached hydrogen (secondary N) is 2. The van der Waals surface area contributed by atoms with Crippen molar-refractivity contribution in [2.45, 2.75) is 47.6 Å². The van der Waals surface area contributed by atoms with Crippen LogP contribution >= 0.6 is 0 Å². The maximum atomic E-state index is 12.4. The second kappa shape index (κ2) is 6.91. The van der Waals surface area contributed by atoms with Crippen LogP contribution in [0, 0.1) is 27.7 Å². The van der Waals surface area contributed by atoms with E-state index in [9.17, 15) is 9.59 Å². The summed E-state index contributed by atoms with van der Waals surface area (Å²) in [7, 11) is 0. The number of nitrogens with zero attached hydrogens (tertiary/aromatic N) is 1. The van der Waals surface area contributed by atoms with Gasteiger partial charge in [-0.1, -0.05) is 17.7 Å². The van der Waals surface area contributed by atoms with E-state index in [2.05, 4.69) is 29.3 Å². The van der Waals surface area contributed by atoms with Gasteiger partial charge in [0.25, 0.3) is 11.8 Å². The molecule has 0 unspecified atom stereocenters. The van der Waals surface area contributed by atoms with Crippen molar-refractivity contribution in [2.75, 3.05) is 0 Å². The number of aromatic nitrogens is 1. The van der Waals surface area contributed by atoms with Crippen molar-refractivity contribution in [1.29, 1.82) is 0 Å². The molecule has 5 nitrogen and oxygen atoms in total. The van der Waals surface area contributed by atoms with Crippen LogP contribution in [-0.4, -0.2) is 16.4 Å². The van der Waals surface area contributed by atoms with Gasteiger partial charge in [0.05, 0.1) is 5.56 Å². The van der Waals surface area contributed by atoms with Gasteiger partial charge < -0.3 is 4.57 Å². The number of hydrazine groups is 1. The normalized spacial score (nSPS) is 10.8. The molecule has 2 aromatic rings. The summed E-state index contributed by atoms with van der Waals surface area (Å²) in [5.41, 5.74) is 10.0. The van der Waals surface area contributed by atoms with Gasteiger partial charge in [-0.05, 0) is 59.2 Å². The van der Waals surface area contributed by atoms with Crippen molar-refractivity contribution in [2.24, 2.45) is 0 Å². The molecule has 0 saturated carbocycles. The maximum Gasteiger partial charge on any atom is 0.271 e. The Morgan fingerprint density at radius 1 is 0.917 bits per heavy atom. The molecule has 0 bridgehead atoms. The first-order valence-electron chi connectivity index (χ1n) is 8.08. The van der Waals surface area contributed by atoms with Crippen molar-refractivity contribution in [1.82, 2.24) is 15.4 Å². The molecule has 0 saturated heterocycles. The summed E-state index contributed by atoms with van der Waals surface area (Å²) in [6.45, 7) is 11.9. The Morgan fingerprint density at radius 3 is 2.00 bits per heavy atom. The van der Waals surface area contributed by atoms with E-state index in [1.54, 1.807) is 6.07 Å². The lowest BCUT2D eigenvalue weighted by Crippen LogP contribution is -2.42. The molecule has 1 heterocycles. The predicted octanol–water partition coefficient (Wildman–Crippen LogP) is 3.38.